The molecule has 1 atom stereocenters. The normalized spacial score (nSPS) is 14.4. The van der Waals surface area contributed by atoms with Crippen molar-refractivity contribution in [1.29, 1.82) is 0 Å². The predicted molar refractivity (Wildman–Crippen MR) is 106 cm³/mol. The van der Waals surface area contributed by atoms with E-state index in [9.17, 15) is 4.79 Å². The van der Waals surface area contributed by atoms with Gasteiger partial charge in [-0.1, -0.05) is 12.1 Å². The maximum atomic E-state index is 12.8. The summed E-state index contributed by atoms with van der Waals surface area (Å²) in [5.74, 6) is 0.435. The van der Waals surface area contributed by atoms with Gasteiger partial charge in [0.15, 0.2) is 5.01 Å². The van der Waals surface area contributed by atoms with Gasteiger partial charge in [-0.05, 0) is 40.9 Å². The molecule has 1 unspecified atom stereocenters. The first-order valence-electron chi connectivity index (χ1n) is 8.60. The Morgan fingerprint density at radius 2 is 2.22 bits per heavy atom. The van der Waals surface area contributed by atoms with Crippen molar-refractivity contribution in [2.24, 2.45) is 0 Å². The van der Waals surface area contributed by atoms with Crippen LogP contribution in [0.5, 0.6) is 0 Å². The molecule has 0 fully saturated rings. The Labute approximate surface area is 167 Å². The molecule has 4 aromatic rings. The van der Waals surface area contributed by atoms with Crippen LogP contribution in [0.1, 0.15) is 39.5 Å². The van der Waals surface area contributed by atoms with Crippen molar-refractivity contribution in [3.63, 3.8) is 0 Å². The molecule has 0 radical (unpaired) electrons. The summed E-state index contributed by atoms with van der Waals surface area (Å²) >= 11 is 4.65. The van der Waals surface area contributed by atoms with Gasteiger partial charge in [0.05, 0.1) is 33.0 Å². The van der Waals surface area contributed by atoms with Gasteiger partial charge < -0.3 is 14.9 Å². The van der Waals surface area contributed by atoms with Crippen LogP contribution in [0.3, 0.4) is 0 Å². The molecule has 4 heterocycles. The third kappa shape index (κ3) is 2.96. The van der Waals surface area contributed by atoms with Gasteiger partial charge in [-0.3, -0.25) is 4.79 Å². The fourth-order valence-corrected chi connectivity index (χ4v) is 4.58. The SMILES string of the molecule is O=C(NC(c1nc2ccccc2[nH]1)c1ncn2c1CCC2)c1ncc(Br)s1. The largest absolute Gasteiger partial charge is 0.340 e. The molecule has 27 heavy (non-hydrogen) atoms. The highest BCUT2D eigenvalue weighted by Crippen LogP contribution is 2.29. The maximum Gasteiger partial charge on any atom is 0.281 e. The molecule has 0 bridgehead atoms. The van der Waals surface area contributed by atoms with Gasteiger partial charge >= 0.3 is 0 Å². The van der Waals surface area contributed by atoms with Crippen molar-refractivity contribution in [2.45, 2.75) is 25.4 Å². The van der Waals surface area contributed by atoms with Crippen LogP contribution in [-0.2, 0) is 13.0 Å². The number of benzene rings is 1. The van der Waals surface area contributed by atoms with Crippen molar-refractivity contribution in [2.75, 3.05) is 0 Å². The van der Waals surface area contributed by atoms with E-state index in [0.717, 1.165) is 45.6 Å². The summed E-state index contributed by atoms with van der Waals surface area (Å²) in [7, 11) is 0. The van der Waals surface area contributed by atoms with Gasteiger partial charge in [-0.25, -0.2) is 15.0 Å². The lowest BCUT2D eigenvalue weighted by molar-refractivity contribution is 0.0940. The number of fused-ring (bicyclic) bond motifs is 2. The zero-order valence-corrected chi connectivity index (χ0v) is 16.5. The molecule has 3 aromatic heterocycles. The zero-order valence-electron chi connectivity index (χ0n) is 14.1. The van der Waals surface area contributed by atoms with E-state index in [0.29, 0.717) is 10.8 Å². The number of nitrogens with one attached hydrogen (secondary N) is 2. The molecule has 5 rings (SSSR count). The van der Waals surface area contributed by atoms with Gasteiger partial charge in [-0.2, -0.15) is 0 Å². The molecule has 0 saturated heterocycles. The number of imidazole rings is 2. The lowest BCUT2D eigenvalue weighted by Gasteiger charge is -2.15. The van der Waals surface area contributed by atoms with Crippen LogP contribution in [0, 0.1) is 0 Å². The molecular formula is C18H15BrN6OS. The fraction of sp³-hybridized carbons (Fsp3) is 0.222. The summed E-state index contributed by atoms with van der Waals surface area (Å²) in [5, 5.41) is 3.48. The molecule has 0 spiro atoms. The van der Waals surface area contributed by atoms with Crippen molar-refractivity contribution in [1.82, 2.24) is 29.8 Å². The molecule has 0 saturated carbocycles. The lowest BCUT2D eigenvalue weighted by atomic mass is 10.1. The number of aromatic nitrogens is 5. The quantitative estimate of drug-likeness (QED) is 0.506. The van der Waals surface area contributed by atoms with Gasteiger partial charge in [0.25, 0.3) is 5.91 Å². The number of aryl methyl sites for hydroxylation is 1. The van der Waals surface area contributed by atoms with Crippen LogP contribution in [0.2, 0.25) is 0 Å². The first kappa shape index (κ1) is 16.6. The van der Waals surface area contributed by atoms with Gasteiger partial charge in [0.1, 0.15) is 11.9 Å². The van der Waals surface area contributed by atoms with E-state index >= 15 is 0 Å². The van der Waals surface area contributed by atoms with Crippen LogP contribution in [0.15, 0.2) is 40.6 Å². The first-order chi connectivity index (χ1) is 13.2. The van der Waals surface area contributed by atoms with E-state index in [1.54, 1.807) is 6.20 Å². The van der Waals surface area contributed by atoms with Crippen LogP contribution in [0.25, 0.3) is 11.0 Å². The molecule has 136 valence electrons. The number of hydrogen-bond donors (Lipinski definition) is 2. The zero-order chi connectivity index (χ0) is 18.4. The fourth-order valence-electron chi connectivity index (χ4n) is 3.47. The molecule has 0 aliphatic carbocycles. The number of H-pyrrole nitrogens is 1. The van der Waals surface area contributed by atoms with E-state index < -0.39 is 6.04 Å². The second kappa shape index (κ2) is 6.58. The molecular weight excluding hydrogens is 428 g/mol. The molecule has 1 aromatic carbocycles. The Hall–Kier alpha value is -2.52. The number of halogens is 1. The molecule has 1 aliphatic rings. The van der Waals surface area contributed by atoms with Crippen molar-refractivity contribution in [3.8, 4) is 0 Å². The summed E-state index contributed by atoms with van der Waals surface area (Å²) in [6, 6.07) is 7.37. The van der Waals surface area contributed by atoms with Gasteiger partial charge in [0.2, 0.25) is 0 Å². The number of hydrogen-bond acceptors (Lipinski definition) is 5. The number of nitrogens with zero attached hydrogens (tertiary/aromatic N) is 4. The average Bonchev–Trinajstić information content (AvgIpc) is 3.42. The second-order valence-electron chi connectivity index (χ2n) is 6.39. The molecule has 2 N–H and O–H groups in total. The second-order valence-corrected chi connectivity index (χ2v) is 8.80. The molecule has 7 nitrogen and oxygen atoms in total. The van der Waals surface area contributed by atoms with Crippen LogP contribution >= 0.6 is 27.3 Å². The number of amides is 1. The minimum atomic E-state index is -0.457. The van der Waals surface area contributed by atoms with Gasteiger partial charge in [-0.15, -0.1) is 11.3 Å². The van der Waals surface area contributed by atoms with E-state index in [1.165, 1.54) is 11.3 Å². The molecule has 9 heteroatoms. The maximum absolute atomic E-state index is 12.8. The summed E-state index contributed by atoms with van der Waals surface area (Å²) in [6.07, 6.45) is 5.51. The monoisotopic (exact) mass is 442 g/mol. The van der Waals surface area contributed by atoms with Crippen LogP contribution in [-0.4, -0.2) is 30.4 Å². The highest BCUT2D eigenvalue weighted by atomic mass is 79.9. The molecule has 1 amide bonds. The van der Waals surface area contributed by atoms with Crippen molar-refractivity contribution < 1.29 is 4.79 Å². The van der Waals surface area contributed by atoms with Crippen LogP contribution in [0.4, 0.5) is 0 Å². The van der Waals surface area contributed by atoms with Crippen LogP contribution < -0.4 is 5.32 Å². The van der Waals surface area contributed by atoms with E-state index in [4.69, 9.17) is 4.98 Å². The molecule has 1 aliphatic heterocycles. The van der Waals surface area contributed by atoms with Gasteiger partial charge in [0, 0.05) is 12.2 Å². The number of thiazole rings is 1. The standard InChI is InChI=1S/C18H15BrN6OS/c19-13-8-20-18(27-13)17(26)24-15(14-12-6-3-7-25(12)9-21-14)16-22-10-4-1-2-5-11(10)23-16/h1-2,4-5,8-9,15H,3,6-7H2,(H,22,23)(H,24,26). The summed E-state index contributed by atoms with van der Waals surface area (Å²) in [4.78, 5) is 29.6. The Bertz CT molecular complexity index is 1110. The minimum absolute atomic E-state index is 0.240. The minimum Gasteiger partial charge on any atom is -0.340 e. The third-order valence-corrected chi connectivity index (χ3v) is 6.17. The Kier molecular flexibility index (Phi) is 4.05. The number of carbonyl (C=O) groups is 1. The van der Waals surface area contributed by atoms with E-state index in [2.05, 4.69) is 40.8 Å². The van der Waals surface area contributed by atoms with Crippen molar-refractivity contribution in [3.05, 3.63) is 62.8 Å². The summed E-state index contributed by atoms with van der Waals surface area (Å²) in [5.41, 5.74) is 3.79. The highest BCUT2D eigenvalue weighted by molar-refractivity contribution is 9.11. The summed E-state index contributed by atoms with van der Waals surface area (Å²) < 4.78 is 2.97. The number of rotatable bonds is 4. The number of para-hydroxylation sites is 2. The Balaban J connectivity index is 1.57. The summed E-state index contributed by atoms with van der Waals surface area (Å²) in [6.45, 7) is 0.961. The topological polar surface area (TPSA) is 88.5 Å². The third-order valence-electron chi connectivity index (χ3n) is 4.69. The first-order valence-corrected chi connectivity index (χ1v) is 10.2. The Morgan fingerprint density at radius 3 is 3.04 bits per heavy atom. The number of carbonyl (C=O) groups excluding carboxylic acids is 1. The van der Waals surface area contributed by atoms with E-state index in [1.807, 2.05) is 30.6 Å². The highest BCUT2D eigenvalue weighted by Gasteiger charge is 2.29. The predicted octanol–water partition coefficient (Wildman–Crippen LogP) is 3.44. The lowest BCUT2D eigenvalue weighted by Crippen LogP contribution is -2.31. The average molecular weight is 443 g/mol. The Morgan fingerprint density at radius 1 is 1.33 bits per heavy atom. The van der Waals surface area contributed by atoms with Crippen molar-refractivity contribution >= 4 is 44.2 Å². The number of aromatic amines is 1. The smallest absolute Gasteiger partial charge is 0.281 e. The van der Waals surface area contributed by atoms with E-state index in [-0.39, 0.29) is 5.91 Å².